The third-order valence-corrected chi connectivity index (χ3v) is 4.60. The molecule has 2 amide bonds. The summed E-state index contributed by atoms with van der Waals surface area (Å²) in [5.41, 5.74) is 0.739. The molecule has 0 aromatic heterocycles. The Bertz CT molecular complexity index is 824. The highest BCUT2D eigenvalue weighted by molar-refractivity contribution is 5.97. The minimum Gasteiger partial charge on any atom is -0.480 e. The summed E-state index contributed by atoms with van der Waals surface area (Å²) < 4.78 is 5.52. The molecule has 0 bridgehead atoms. The van der Waals surface area contributed by atoms with Gasteiger partial charge in [0.1, 0.15) is 12.1 Å². The van der Waals surface area contributed by atoms with Crippen molar-refractivity contribution in [3.05, 3.63) is 59.7 Å². The summed E-state index contributed by atoms with van der Waals surface area (Å²) in [4.78, 5) is 39.9. The maximum Gasteiger partial charge on any atom is 0.410 e. The Balaban J connectivity index is 2.16. The molecule has 0 spiro atoms. The van der Waals surface area contributed by atoms with Crippen molar-refractivity contribution in [3.8, 4) is 0 Å². The van der Waals surface area contributed by atoms with E-state index in [4.69, 9.17) is 4.74 Å². The van der Waals surface area contributed by atoms with Gasteiger partial charge >= 0.3 is 12.1 Å². The number of allylic oxidation sites excluding steroid dienone is 2. The fourth-order valence-electron chi connectivity index (χ4n) is 3.14. The smallest absolute Gasteiger partial charge is 0.410 e. The van der Waals surface area contributed by atoms with Crippen molar-refractivity contribution in [1.29, 1.82) is 0 Å². The maximum atomic E-state index is 13.0. The molecule has 1 aromatic carbocycles. The van der Waals surface area contributed by atoms with Gasteiger partial charge in [0.05, 0.1) is 0 Å². The summed E-state index contributed by atoms with van der Waals surface area (Å²) in [6, 6.07) is 9.46. The molecule has 168 valence electrons. The molecule has 1 N–H and O–H groups in total. The Morgan fingerprint density at radius 3 is 2.35 bits per heavy atom. The zero-order chi connectivity index (χ0) is 22.9. The van der Waals surface area contributed by atoms with E-state index in [1.54, 1.807) is 26.8 Å². The first kappa shape index (κ1) is 24.2. The number of carboxylic acid groups (broad SMARTS) is 1. The number of aliphatic carboxylic acids is 1. The fourth-order valence-corrected chi connectivity index (χ4v) is 3.14. The fraction of sp³-hybridized carbons (Fsp3) is 0.458. The van der Waals surface area contributed by atoms with Crippen LogP contribution in [0, 0.1) is 0 Å². The Morgan fingerprint density at radius 2 is 1.71 bits per heavy atom. The number of carbonyl (C=O) groups is 3. The van der Waals surface area contributed by atoms with Crippen molar-refractivity contribution in [1.82, 2.24) is 9.80 Å². The molecule has 1 aliphatic carbocycles. The quantitative estimate of drug-likeness (QED) is 0.676. The summed E-state index contributed by atoms with van der Waals surface area (Å²) >= 11 is 0. The van der Waals surface area contributed by atoms with Crippen LogP contribution in [0.2, 0.25) is 0 Å². The SMILES string of the molecule is CC(C)(C)OC(=O)N(CCN(CC(=O)O)C(=O)C1=CCCCC=C1)Cc1ccccc1. The molecular formula is C24H32N2O5. The lowest BCUT2D eigenvalue weighted by Crippen LogP contribution is -2.44. The largest absolute Gasteiger partial charge is 0.480 e. The second-order valence-corrected chi connectivity index (χ2v) is 8.50. The third kappa shape index (κ3) is 8.66. The van der Waals surface area contributed by atoms with Crippen molar-refractivity contribution in [2.24, 2.45) is 0 Å². The molecule has 0 saturated heterocycles. The van der Waals surface area contributed by atoms with Crippen molar-refractivity contribution in [3.63, 3.8) is 0 Å². The zero-order valence-electron chi connectivity index (χ0n) is 18.5. The van der Waals surface area contributed by atoms with E-state index < -0.39 is 24.2 Å². The number of amides is 2. The molecule has 7 heteroatoms. The molecule has 0 aliphatic heterocycles. The van der Waals surface area contributed by atoms with Crippen LogP contribution >= 0.6 is 0 Å². The van der Waals surface area contributed by atoms with Crippen molar-refractivity contribution in [2.45, 2.75) is 52.2 Å². The standard InChI is InChI=1S/C24H32N2O5/c1-24(2,3)31-23(30)26(17-19-11-7-6-8-12-19)16-15-25(18-21(27)28)22(29)20-13-9-4-5-10-14-20/h6-9,11-14H,4-5,10,15-18H2,1-3H3,(H,27,28). The molecule has 0 fully saturated rings. The third-order valence-electron chi connectivity index (χ3n) is 4.60. The number of rotatable bonds is 8. The lowest BCUT2D eigenvalue weighted by atomic mass is 10.2. The van der Waals surface area contributed by atoms with E-state index in [-0.39, 0.29) is 19.0 Å². The molecule has 1 aromatic rings. The summed E-state index contributed by atoms with van der Waals surface area (Å²) in [7, 11) is 0. The van der Waals surface area contributed by atoms with Gasteiger partial charge < -0.3 is 19.6 Å². The predicted octanol–water partition coefficient (Wildman–Crippen LogP) is 4.00. The number of carboxylic acids is 1. The van der Waals surface area contributed by atoms with Crippen LogP contribution in [0.3, 0.4) is 0 Å². The Labute approximate surface area is 184 Å². The second-order valence-electron chi connectivity index (χ2n) is 8.50. The van der Waals surface area contributed by atoms with Gasteiger partial charge in [-0.2, -0.15) is 0 Å². The molecule has 1 aliphatic rings. The van der Waals surface area contributed by atoms with Crippen LogP contribution in [0.25, 0.3) is 0 Å². The van der Waals surface area contributed by atoms with Crippen molar-refractivity contribution < 1.29 is 24.2 Å². The van der Waals surface area contributed by atoms with Gasteiger partial charge in [-0.1, -0.05) is 48.6 Å². The molecule has 0 saturated carbocycles. The normalized spacial score (nSPS) is 13.7. The molecule has 0 radical (unpaired) electrons. The van der Waals surface area contributed by atoms with Gasteiger partial charge in [0.15, 0.2) is 0 Å². The van der Waals surface area contributed by atoms with E-state index in [1.807, 2.05) is 42.5 Å². The van der Waals surface area contributed by atoms with Gasteiger partial charge in [-0.15, -0.1) is 0 Å². The average molecular weight is 429 g/mol. The monoisotopic (exact) mass is 428 g/mol. The number of hydrogen-bond acceptors (Lipinski definition) is 4. The van der Waals surface area contributed by atoms with E-state index in [0.29, 0.717) is 12.1 Å². The number of ether oxygens (including phenoxy) is 1. The first-order valence-corrected chi connectivity index (χ1v) is 10.6. The molecule has 0 unspecified atom stereocenters. The number of carbonyl (C=O) groups excluding carboxylic acids is 2. The lowest BCUT2D eigenvalue weighted by Gasteiger charge is -2.30. The second kappa shape index (κ2) is 11.3. The molecule has 0 heterocycles. The Kier molecular flexibility index (Phi) is 8.85. The van der Waals surface area contributed by atoms with E-state index in [2.05, 4.69) is 0 Å². The van der Waals surface area contributed by atoms with Crippen LogP contribution < -0.4 is 0 Å². The van der Waals surface area contributed by atoms with Crippen molar-refractivity contribution >= 4 is 18.0 Å². The van der Waals surface area contributed by atoms with Crippen LogP contribution in [0.1, 0.15) is 45.6 Å². The zero-order valence-corrected chi connectivity index (χ0v) is 18.5. The van der Waals surface area contributed by atoms with Gasteiger partial charge in [-0.25, -0.2) is 4.79 Å². The minimum atomic E-state index is -1.10. The summed E-state index contributed by atoms with van der Waals surface area (Å²) in [6.07, 6.45) is 7.62. The molecule has 7 nitrogen and oxygen atoms in total. The average Bonchev–Trinajstić information content (AvgIpc) is 2.98. The summed E-state index contributed by atoms with van der Waals surface area (Å²) in [6.45, 7) is 5.47. The van der Waals surface area contributed by atoms with Crippen LogP contribution in [0.5, 0.6) is 0 Å². The molecule has 31 heavy (non-hydrogen) atoms. The highest BCUT2D eigenvalue weighted by Gasteiger charge is 2.25. The van der Waals surface area contributed by atoms with Crippen LogP contribution in [-0.4, -0.2) is 58.1 Å². The van der Waals surface area contributed by atoms with Crippen LogP contribution in [0.15, 0.2) is 54.1 Å². The van der Waals surface area contributed by atoms with Gasteiger partial charge in [0.2, 0.25) is 0 Å². The van der Waals surface area contributed by atoms with Crippen LogP contribution in [0.4, 0.5) is 4.79 Å². The first-order valence-electron chi connectivity index (χ1n) is 10.6. The molecular weight excluding hydrogens is 396 g/mol. The molecule has 2 rings (SSSR count). The maximum absolute atomic E-state index is 13.0. The van der Waals surface area contributed by atoms with E-state index >= 15 is 0 Å². The number of nitrogens with zero attached hydrogens (tertiary/aromatic N) is 2. The Hall–Kier alpha value is -3.09. The molecule has 0 atom stereocenters. The van der Waals surface area contributed by atoms with E-state index in [0.717, 1.165) is 24.8 Å². The highest BCUT2D eigenvalue weighted by Crippen LogP contribution is 2.15. The minimum absolute atomic E-state index is 0.0857. The summed E-state index contributed by atoms with van der Waals surface area (Å²) in [5, 5.41) is 9.31. The Morgan fingerprint density at radius 1 is 1.03 bits per heavy atom. The number of hydrogen-bond donors (Lipinski definition) is 1. The van der Waals surface area contributed by atoms with Crippen LogP contribution in [-0.2, 0) is 20.9 Å². The first-order chi connectivity index (χ1) is 14.7. The summed E-state index contributed by atoms with van der Waals surface area (Å²) in [5.74, 6) is -1.44. The van der Waals surface area contributed by atoms with E-state index in [9.17, 15) is 19.5 Å². The topological polar surface area (TPSA) is 87.2 Å². The predicted molar refractivity (Wildman–Crippen MR) is 118 cm³/mol. The lowest BCUT2D eigenvalue weighted by molar-refractivity contribution is -0.143. The van der Waals surface area contributed by atoms with Crippen molar-refractivity contribution in [2.75, 3.05) is 19.6 Å². The van der Waals surface area contributed by atoms with Gasteiger partial charge in [-0.05, 0) is 45.6 Å². The highest BCUT2D eigenvalue weighted by atomic mass is 16.6. The van der Waals surface area contributed by atoms with Gasteiger partial charge in [0.25, 0.3) is 5.91 Å². The van der Waals surface area contributed by atoms with Gasteiger partial charge in [-0.3, -0.25) is 9.59 Å². The number of benzene rings is 1. The van der Waals surface area contributed by atoms with E-state index in [1.165, 1.54) is 9.80 Å². The van der Waals surface area contributed by atoms with Gasteiger partial charge in [0, 0.05) is 25.2 Å².